The summed E-state index contributed by atoms with van der Waals surface area (Å²) in [4.78, 5) is 33.6. The number of anilines is 1. The number of hydrogen-bond donors (Lipinski definition) is 2. The van der Waals surface area contributed by atoms with Crippen LogP contribution < -0.4 is 11.1 Å². The fraction of sp³-hybridized carbons (Fsp3) is 0.222. The smallest absolute Gasteiger partial charge is 0.341 e. The topological polar surface area (TPSA) is 107 Å². The van der Waals surface area contributed by atoms with Crippen LogP contribution in [0, 0.1) is 0 Å². The molecular formula is C18H18N4O3S2. The Balaban J connectivity index is 1.99. The van der Waals surface area contributed by atoms with Crippen molar-refractivity contribution >= 4 is 50.9 Å². The van der Waals surface area contributed by atoms with Gasteiger partial charge in [0.15, 0.2) is 0 Å². The SMILES string of the molecule is CCOC(=O)c1c(N)sc(C(=O)NC)c1CSc1ncnc2ccccc12. The van der Waals surface area contributed by atoms with Gasteiger partial charge < -0.3 is 15.8 Å². The van der Waals surface area contributed by atoms with E-state index in [1.54, 1.807) is 6.92 Å². The Labute approximate surface area is 164 Å². The molecule has 0 radical (unpaired) electrons. The van der Waals surface area contributed by atoms with Crippen molar-refractivity contribution in [3.05, 3.63) is 46.6 Å². The molecule has 0 aliphatic carbocycles. The number of amides is 1. The number of nitrogen functional groups attached to an aromatic ring is 1. The number of nitrogens with one attached hydrogen (secondary N) is 1. The van der Waals surface area contributed by atoms with E-state index in [4.69, 9.17) is 10.5 Å². The lowest BCUT2D eigenvalue weighted by atomic mass is 10.1. The summed E-state index contributed by atoms with van der Waals surface area (Å²) in [7, 11) is 1.54. The highest BCUT2D eigenvalue weighted by Gasteiger charge is 2.26. The first-order valence-corrected chi connectivity index (χ1v) is 9.99. The van der Waals surface area contributed by atoms with Gasteiger partial charge in [-0.3, -0.25) is 4.79 Å². The molecule has 7 nitrogen and oxygen atoms in total. The van der Waals surface area contributed by atoms with Crippen molar-refractivity contribution in [2.75, 3.05) is 19.4 Å². The maximum Gasteiger partial charge on any atom is 0.341 e. The minimum absolute atomic E-state index is 0.229. The van der Waals surface area contributed by atoms with E-state index in [1.807, 2.05) is 24.3 Å². The molecule has 9 heteroatoms. The fourth-order valence-electron chi connectivity index (χ4n) is 2.58. The highest BCUT2D eigenvalue weighted by molar-refractivity contribution is 7.98. The molecule has 0 aliphatic heterocycles. The van der Waals surface area contributed by atoms with Gasteiger partial charge in [0.1, 0.15) is 16.4 Å². The summed E-state index contributed by atoms with van der Waals surface area (Å²) in [6.07, 6.45) is 1.50. The minimum atomic E-state index is -0.524. The summed E-state index contributed by atoms with van der Waals surface area (Å²) in [6.45, 7) is 1.95. The first-order valence-electron chi connectivity index (χ1n) is 8.19. The number of benzene rings is 1. The van der Waals surface area contributed by atoms with Gasteiger partial charge in [-0.2, -0.15) is 0 Å². The second-order valence-corrected chi connectivity index (χ2v) is 7.45. The number of ether oxygens (including phenoxy) is 1. The maximum absolute atomic E-state index is 12.4. The Morgan fingerprint density at radius 3 is 2.81 bits per heavy atom. The molecular weight excluding hydrogens is 384 g/mol. The predicted octanol–water partition coefficient (Wildman–Crippen LogP) is 3.10. The van der Waals surface area contributed by atoms with E-state index >= 15 is 0 Å². The molecule has 2 heterocycles. The number of aromatic nitrogens is 2. The van der Waals surface area contributed by atoms with E-state index in [9.17, 15) is 9.59 Å². The van der Waals surface area contributed by atoms with Crippen LogP contribution in [-0.2, 0) is 10.5 Å². The standard InChI is InChI=1S/C18H18N4O3S2/c1-3-25-18(24)13-11(14(16(23)20-2)27-15(13)19)8-26-17-10-6-4-5-7-12(10)21-9-22-17/h4-7,9H,3,8,19H2,1-2H3,(H,20,23). The summed E-state index contributed by atoms with van der Waals surface area (Å²) in [5.41, 5.74) is 7.67. The first-order chi connectivity index (χ1) is 13.1. The number of nitrogens with two attached hydrogens (primary N) is 1. The Morgan fingerprint density at radius 2 is 2.07 bits per heavy atom. The molecule has 140 valence electrons. The van der Waals surface area contributed by atoms with Crippen molar-refractivity contribution in [1.29, 1.82) is 0 Å². The molecule has 0 atom stereocenters. The average molecular weight is 403 g/mol. The van der Waals surface area contributed by atoms with Gasteiger partial charge in [-0.15, -0.1) is 23.1 Å². The van der Waals surface area contributed by atoms with E-state index in [0.717, 1.165) is 27.3 Å². The normalized spacial score (nSPS) is 10.7. The molecule has 0 saturated heterocycles. The van der Waals surface area contributed by atoms with Gasteiger partial charge in [-0.05, 0) is 13.0 Å². The second-order valence-electron chi connectivity index (χ2n) is 5.43. The quantitative estimate of drug-likeness (QED) is 0.370. The highest BCUT2D eigenvalue weighted by atomic mass is 32.2. The largest absolute Gasteiger partial charge is 0.462 e. The number of thiophene rings is 1. The molecule has 0 aliphatic rings. The van der Waals surface area contributed by atoms with Crippen LogP contribution in [0.3, 0.4) is 0 Å². The number of hydrogen-bond acceptors (Lipinski definition) is 8. The van der Waals surface area contributed by atoms with Gasteiger partial charge in [-0.25, -0.2) is 14.8 Å². The second kappa shape index (κ2) is 8.36. The molecule has 3 rings (SSSR count). The fourth-order valence-corrected chi connectivity index (χ4v) is 4.71. The third-order valence-corrected chi connectivity index (χ3v) is 5.90. The molecule has 0 fully saturated rings. The number of carbonyl (C=O) groups is 2. The highest BCUT2D eigenvalue weighted by Crippen LogP contribution is 2.37. The number of para-hydroxylation sites is 1. The summed E-state index contributed by atoms with van der Waals surface area (Å²) in [6, 6.07) is 7.67. The van der Waals surface area contributed by atoms with Gasteiger partial charge in [0, 0.05) is 23.8 Å². The Bertz CT molecular complexity index is 998. The van der Waals surface area contributed by atoms with Gasteiger partial charge in [0.25, 0.3) is 5.91 Å². The van der Waals surface area contributed by atoms with Gasteiger partial charge >= 0.3 is 5.97 Å². The van der Waals surface area contributed by atoms with Crippen LogP contribution in [-0.4, -0.2) is 35.5 Å². The zero-order valence-corrected chi connectivity index (χ0v) is 16.4. The molecule has 0 bridgehead atoms. The van der Waals surface area contributed by atoms with Crippen LogP contribution in [0.4, 0.5) is 5.00 Å². The predicted molar refractivity (Wildman–Crippen MR) is 107 cm³/mol. The average Bonchev–Trinajstić information content (AvgIpc) is 3.02. The van der Waals surface area contributed by atoms with Gasteiger partial charge in [0.2, 0.25) is 0 Å². The molecule has 3 aromatic rings. The van der Waals surface area contributed by atoms with Crippen molar-refractivity contribution in [3.8, 4) is 0 Å². The zero-order valence-electron chi connectivity index (χ0n) is 14.8. The monoisotopic (exact) mass is 402 g/mol. The van der Waals surface area contributed by atoms with Crippen LogP contribution in [0.25, 0.3) is 10.9 Å². The third kappa shape index (κ3) is 3.88. The number of thioether (sulfide) groups is 1. The summed E-state index contributed by atoms with van der Waals surface area (Å²) < 4.78 is 5.12. The Hall–Kier alpha value is -2.65. The molecule has 0 saturated carbocycles. The maximum atomic E-state index is 12.4. The van der Waals surface area contributed by atoms with Crippen molar-refractivity contribution in [3.63, 3.8) is 0 Å². The number of rotatable bonds is 6. The van der Waals surface area contributed by atoms with Crippen molar-refractivity contribution in [2.24, 2.45) is 0 Å². The number of fused-ring (bicyclic) bond motifs is 1. The number of carbonyl (C=O) groups excluding carboxylic acids is 2. The molecule has 3 N–H and O–H groups in total. The third-order valence-electron chi connectivity index (χ3n) is 3.81. The van der Waals surface area contributed by atoms with Crippen LogP contribution in [0.2, 0.25) is 0 Å². The van der Waals surface area contributed by atoms with E-state index in [-0.39, 0.29) is 23.1 Å². The van der Waals surface area contributed by atoms with Crippen molar-refractivity contribution in [2.45, 2.75) is 17.7 Å². The van der Waals surface area contributed by atoms with Crippen molar-refractivity contribution < 1.29 is 14.3 Å². The summed E-state index contributed by atoms with van der Waals surface area (Å²) >= 11 is 2.51. The molecule has 27 heavy (non-hydrogen) atoms. The van der Waals surface area contributed by atoms with E-state index in [0.29, 0.717) is 16.2 Å². The van der Waals surface area contributed by atoms with Gasteiger partial charge in [-0.1, -0.05) is 18.2 Å². The van der Waals surface area contributed by atoms with Crippen LogP contribution >= 0.6 is 23.1 Å². The Kier molecular flexibility index (Phi) is 5.92. The first kappa shape index (κ1) is 19.1. The minimum Gasteiger partial charge on any atom is -0.462 e. The Morgan fingerprint density at radius 1 is 1.30 bits per heavy atom. The van der Waals surface area contributed by atoms with Crippen LogP contribution in [0.5, 0.6) is 0 Å². The van der Waals surface area contributed by atoms with Crippen LogP contribution in [0.1, 0.15) is 32.5 Å². The van der Waals surface area contributed by atoms with Crippen molar-refractivity contribution in [1.82, 2.24) is 15.3 Å². The van der Waals surface area contributed by atoms with E-state index in [2.05, 4.69) is 15.3 Å². The number of esters is 1. The van der Waals surface area contributed by atoms with Gasteiger partial charge in [0.05, 0.1) is 22.6 Å². The lowest BCUT2D eigenvalue weighted by molar-refractivity contribution is 0.0527. The summed E-state index contributed by atoms with van der Waals surface area (Å²) in [5, 5.41) is 4.54. The van der Waals surface area contributed by atoms with Crippen LogP contribution in [0.15, 0.2) is 35.6 Å². The molecule has 0 spiro atoms. The zero-order chi connectivity index (χ0) is 19.4. The molecule has 1 aromatic carbocycles. The number of nitrogens with zero attached hydrogens (tertiary/aromatic N) is 2. The van der Waals surface area contributed by atoms with E-state index < -0.39 is 5.97 Å². The molecule has 1 amide bonds. The molecule has 0 unspecified atom stereocenters. The lowest BCUT2D eigenvalue weighted by Gasteiger charge is -2.08. The molecule has 2 aromatic heterocycles. The van der Waals surface area contributed by atoms with E-state index in [1.165, 1.54) is 25.1 Å². The lowest BCUT2D eigenvalue weighted by Crippen LogP contribution is -2.18. The summed E-state index contributed by atoms with van der Waals surface area (Å²) in [5.74, 6) is -0.457.